The van der Waals surface area contributed by atoms with Gasteiger partial charge >= 0.3 is 5.97 Å². The molecule has 1 aliphatic rings. The minimum absolute atomic E-state index is 0.0254. The van der Waals surface area contributed by atoms with Crippen molar-refractivity contribution < 1.29 is 19.1 Å². The predicted molar refractivity (Wildman–Crippen MR) is 78.4 cm³/mol. The van der Waals surface area contributed by atoms with Crippen LogP contribution in [-0.2, 0) is 19.1 Å². The lowest BCUT2D eigenvalue weighted by molar-refractivity contribution is -0.144. The molecule has 0 saturated carbocycles. The van der Waals surface area contributed by atoms with Crippen molar-refractivity contribution in [2.45, 2.75) is 46.1 Å². The minimum atomic E-state index is -0.278. The topological polar surface area (TPSA) is 75.7 Å². The molecule has 1 fully saturated rings. The number of likely N-dealkylation sites (tertiary alicyclic amines) is 1. The molecule has 21 heavy (non-hydrogen) atoms. The summed E-state index contributed by atoms with van der Waals surface area (Å²) in [5, 5.41) is 2.96. The molecular formula is C15H26N2O4. The monoisotopic (exact) mass is 298 g/mol. The van der Waals surface area contributed by atoms with Gasteiger partial charge in [-0.05, 0) is 12.3 Å². The summed E-state index contributed by atoms with van der Waals surface area (Å²) in [6.07, 6.45) is 1.40. The number of carbonyl (C=O) groups excluding carboxylic acids is 3. The van der Waals surface area contributed by atoms with Crippen LogP contribution < -0.4 is 5.32 Å². The Morgan fingerprint density at radius 1 is 1.29 bits per heavy atom. The fraction of sp³-hybridized carbons (Fsp3) is 0.800. The summed E-state index contributed by atoms with van der Waals surface area (Å²) < 4.78 is 4.70. The van der Waals surface area contributed by atoms with Gasteiger partial charge in [-0.1, -0.05) is 20.8 Å². The quantitative estimate of drug-likeness (QED) is 0.767. The van der Waals surface area contributed by atoms with Crippen LogP contribution in [0.25, 0.3) is 0 Å². The summed E-state index contributed by atoms with van der Waals surface area (Å²) in [7, 11) is 1.36. The SMILES string of the molecule is CCC(=O)N1CC(CC(=O)OC)CC(NC(=O)C(C)C)C1. The Balaban J connectivity index is 2.72. The number of carbonyl (C=O) groups is 3. The second-order valence-electron chi connectivity index (χ2n) is 5.89. The van der Waals surface area contributed by atoms with Gasteiger partial charge in [0.1, 0.15) is 0 Å². The van der Waals surface area contributed by atoms with Gasteiger partial charge in [-0.2, -0.15) is 0 Å². The molecule has 1 saturated heterocycles. The molecule has 1 rings (SSSR count). The van der Waals surface area contributed by atoms with Gasteiger partial charge in [-0.3, -0.25) is 14.4 Å². The number of hydrogen-bond acceptors (Lipinski definition) is 4. The second-order valence-corrected chi connectivity index (χ2v) is 5.89. The van der Waals surface area contributed by atoms with E-state index >= 15 is 0 Å². The highest BCUT2D eigenvalue weighted by molar-refractivity contribution is 5.79. The molecule has 0 aromatic carbocycles. The first-order valence-corrected chi connectivity index (χ1v) is 7.52. The van der Waals surface area contributed by atoms with Crippen LogP contribution in [0.1, 0.15) is 40.0 Å². The average Bonchev–Trinajstić information content (AvgIpc) is 2.45. The molecule has 0 aromatic heterocycles. The summed E-state index contributed by atoms with van der Waals surface area (Å²) in [6.45, 7) is 6.55. The lowest BCUT2D eigenvalue weighted by atomic mass is 9.91. The number of nitrogens with zero attached hydrogens (tertiary/aromatic N) is 1. The van der Waals surface area contributed by atoms with Crippen molar-refractivity contribution in [3.05, 3.63) is 0 Å². The molecule has 1 aliphatic heterocycles. The molecule has 120 valence electrons. The number of piperidine rings is 1. The van der Waals surface area contributed by atoms with Gasteiger partial charge in [0.15, 0.2) is 0 Å². The van der Waals surface area contributed by atoms with Crippen LogP contribution in [-0.4, -0.2) is 48.9 Å². The standard InChI is InChI=1S/C15H26N2O4/c1-5-13(18)17-8-11(7-14(19)21-4)6-12(9-17)16-15(20)10(2)3/h10-12H,5-9H2,1-4H3,(H,16,20). The number of hydrogen-bond donors (Lipinski definition) is 1. The number of esters is 1. The van der Waals surface area contributed by atoms with Crippen LogP contribution in [0.2, 0.25) is 0 Å². The fourth-order valence-electron chi connectivity index (χ4n) is 2.57. The molecule has 1 heterocycles. The predicted octanol–water partition coefficient (Wildman–Crippen LogP) is 0.949. The Bertz CT molecular complexity index is 395. The zero-order valence-corrected chi connectivity index (χ0v) is 13.3. The molecule has 0 radical (unpaired) electrons. The van der Waals surface area contributed by atoms with Gasteiger partial charge < -0.3 is 15.0 Å². The van der Waals surface area contributed by atoms with Gasteiger partial charge in [-0.25, -0.2) is 0 Å². The Hall–Kier alpha value is -1.59. The van der Waals surface area contributed by atoms with Crippen LogP contribution >= 0.6 is 0 Å². The third-order valence-corrected chi connectivity index (χ3v) is 3.75. The number of rotatable bonds is 5. The highest BCUT2D eigenvalue weighted by Gasteiger charge is 2.31. The molecule has 2 amide bonds. The smallest absolute Gasteiger partial charge is 0.305 e. The van der Waals surface area contributed by atoms with Crippen molar-refractivity contribution in [3.63, 3.8) is 0 Å². The molecule has 6 nitrogen and oxygen atoms in total. The molecule has 0 aliphatic carbocycles. The zero-order chi connectivity index (χ0) is 16.0. The summed E-state index contributed by atoms with van der Waals surface area (Å²) in [6, 6.07) is -0.0983. The third kappa shape index (κ3) is 5.36. The van der Waals surface area contributed by atoms with Crippen molar-refractivity contribution in [2.24, 2.45) is 11.8 Å². The van der Waals surface area contributed by atoms with Crippen molar-refractivity contribution in [3.8, 4) is 0 Å². The van der Waals surface area contributed by atoms with Gasteiger partial charge in [0, 0.05) is 31.5 Å². The lowest BCUT2D eigenvalue weighted by Gasteiger charge is -2.38. The van der Waals surface area contributed by atoms with E-state index in [1.54, 1.807) is 4.90 Å². The summed E-state index contributed by atoms with van der Waals surface area (Å²) in [5.41, 5.74) is 0. The van der Waals surface area contributed by atoms with Gasteiger partial charge in [0.2, 0.25) is 11.8 Å². The first-order chi connectivity index (χ1) is 9.87. The maximum Gasteiger partial charge on any atom is 0.305 e. The van der Waals surface area contributed by atoms with Crippen molar-refractivity contribution in [2.75, 3.05) is 20.2 Å². The van der Waals surface area contributed by atoms with Crippen molar-refractivity contribution in [1.29, 1.82) is 0 Å². The third-order valence-electron chi connectivity index (χ3n) is 3.75. The maximum atomic E-state index is 11.9. The van der Waals surface area contributed by atoms with Crippen LogP contribution in [0.3, 0.4) is 0 Å². The van der Waals surface area contributed by atoms with Crippen molar-refractivity contribution >= 4 is 17.8 Å². The van der Waals surface area contributed by atoms with Crippen LogP contribution in [0, 0.1) is 11.8 Å². The summed E-state index contributed by atoms with van der Waals surface area (Å²) in [4.78, 5) is 37.0. The molecule has 0 aromatic rings. The molecule has 0 spiro atoms. The zero-order valence-electron chi connectivity index (χ0n) is 13.3. The van der Waals surface area contributed by atoms with E-state index in [4.69, 9.17) is 4.74 Å². The Morgan fingerprint density at radius 2 is 1.95 bits per heavy atom. The summed E-state index contributed by atoms with van der Waals surface area (Å²) >= 11 is 0. The second kappa shape index (κ2) is 8.00. The maximum absolute atomic E-state index is 11.9. The van der Waals surface area contributed by atoms with E-state index in [0.29, 0.717) is 25.9 Å². The number of methoxy groups -OCH3 is 1. The van der Waals surface area contributed by atoms with Gasteiger partial charge in [0.05, 0.1) is 13.5 Å². The fourth-order valence-corrected chi connectivity index (χ4v) is 2.57. The van der Waals surface area contributed by atoms with E-state index in [9.17, 15) is 14.4 Å². The molecule has 0 bridgehead atoms. The van der Waals surface area contributed by atoms with Gasteiger partial charge in [0.25, 0.3) is 0 Å². The highest BCUT2D eigenvalue weighted by atomic mass is 16.5. The largest absolute Gasteiger partial charge is 0.469 e. The van der Waals surface area contributed by atoms with E-state index in [1.807, 2.05) is 20.8 Å². The Kier molecular flexibility index (Phi) is 6.65. The molecule has 6 heteroatoms. The van der Waals surface area contributed by atoms with E-state index < -0.39 is 0 Å². The average molecular weight is 298 g/mol. The van der Waals surface area contributed by atoms with E-state index in [0.717, 1.165) is 0 Å². The van der Waals surface area contributed by atoms with Crippen LogP contribution in [0.5, 0.6) is 0 Å². The molecule has 2 unspecified atom stereocenters. The Morgan fingerprint density at radius 3 is 2.48 bits per heavy atom. The van der Waals surface area contributed by atoms with E-state index in [-0.39, 0.29) is 42.1 Å². The number of nitrogens with one attached hydrogen (secondary N) is 1. The highest BCUT2D eigenvalue weighted by Crippen LogP contribution is 2.21. The van der Waals surface area contributed by atoms with Crippen molar-refractivity contribution in [1.82, 2.24) is 10.2 Å². The molecule has 2 atom stereocenters. The first-order valence-electron chi connectivity index (χ1n) is 7.52. The normalized spacial score (nSPS) is 22.0. The summed E-state index contributed by atoms with van der Waals surface area (Å²) in [5.74, 6) is -0.323. The number of amides is 2. The van der Waals surface area contributed by atoms with E-state index in [1.165, 1.54) is 7.11 Å². The van der Waals surface area contributed by atoms with E-state index in [2.05, 4.69) is 5.32 Å². The molecule has 1 N–H and O–H groups in total. The molecular weight excluding hydrogens is 272 g/mol. The number of ether oxygens (including phenoxy) is 1. The van der Waals surface area contributed by atoms with Gasteiger partial charge in [-0.15, -0.1) is 0 Å². The lowest BCUT2D eigenvalue weighted by Crippen LogP contribution is -2.53. The minimum Gasteiger partial charge on any atom is -0.469 e. The van der Waals surface area contributed by atoms with Crippen LogP contribution in [0.15, 0.2) is 0 Å². The Labute approximate surface area is 126 Å². The first kappa shape index (κ1) is 17.5. The van der Waals surface area contributed by atoms with Crippen LogP contribution in [0.4, 0.5) is 0 Å².